The van der Waals surface area contributed by atoms with Crippen molar-refractivity contribution >= 4 is 36.4 Å². The molecule has 0 aliphatic carbocycles. The molecule has 4 rings (SSSR count). The number of fused-ring (bicyclic) bond motifs is 1. The minimum Gasteiger partial charge on any atom is -0.378 e. The number of anilines is 1. The molecule has 1 aromatic carbocycles. The van der Waals surface area contributed by atoms with Gasteiger partial charge in [-0.05, 0) is 43.5 Å². The summed E-state index contributed by atoms with van der Waals surface area (Å²) in [7, 11) is 0. The predicted octanol–water partition coefficient (Wildman–Crippen LogP) is 3.05. The molecule has 1 amide bonds. The highest BCUT2D eigenvalue weighted by Crippen LogP contribution is 2.25. The van der Waals surface area contributed by atoms with Gasteiger partial charge >= 0.3 is 0 Å². The van der Waals surface area contributed by atoms with Gasteiger partial charge in [0.1, 0.15) is 5.82 Å². The molecule has 1 saturated heterocycles. The van der Waals surface area contributed by atoms with Crippen molar-refractivity contribution in [2.45, 2.75) is 38.3 Å². The number of rotatable bonds is 4. The van der Waals surface area contributed by atoms with Gasteiger partial charge < -0.3 is 19.9 Å². The molecule has 27 heavy (non-hydrogen) atoms. The molecule has 1 unspecified atom stereocenters. The number of ether oxygens (including phenoxy) is 1. The lowest BCUT2D eigenvalue weighted by molar-refractivity contribution is -0.117. The van der Waals surface area contributed by atoms with Gasteiger partial charge in [-0.25, -0.2) is 4.98 Å². The van der Waals surface area contributed by atoms with E-state index in [1.165, 1.54) is 18.5 Å². The first-order valence-corrected chi connectivity index (χ1v) is 9.05. The molecule has 8 heteroatoms. The van der Waals surface area contributed by atoms with Crippen molar-refractivity contribution in [3.05, 3.63) is 36.2 Å². The third-order valence-electron chi connectivity index (χ3n) is 4.86. The molecule has 1 aromatic heterocycles. The monoisotopic (exact) mass is 412 g/mol. The fourth-order valence-electron chi connectivity index (χ4n) is 3.56. The Kier molecular flexibility index (Phi) is 8.10. The Bertz CT molecular complexity index is 743. The summed E-state index contributed by atoms with van der Waals surface area (Å²) in [6, 6.07) is 8.05. The number of aromatic nitrogens is 2. The minimum absolute atomic E-state index is 0. The summed E-state index contributed by atoms with van der Waals surface area (Å²) in [5, 5.41) is 6.26. The van der Waals surface area contributed by atoms with Gasteiger partial charge in [-0.15, -0.1) is 24.8 Å². The number of imidazole rings is 1. The number of halogens is 2. The molecule has 3 heterocycles. The minimum atomic E-state index is 0. The SMILES string of the molecule is Cl.Cl.O=C(CC1COCCN1)Nc1ccc(-c2ncc3n2CCCC3)cc1. The van der Waals surface area contributed by atoms with Crippen molar-refractivity contribution < 1.29 is 9.53 Å². The molecule has 0 saturated carbocycles. The van der Waals surface area contributed by atoms with E-state index in [9.17, 15) is 4.79 Å². The van der Waals surface area contributed by atoms with Crippen molar-refractivity contribution in [3.63, 3.8) is 0 Å². The second-order valence-corrected chi connectivity index (χ2v) is 6.74. The van der Waals surface area contributed by atoms with Crippen molar-refractivity contribution in [3.8, 4) is 11.4 Å². The van der Waals surface area contributed by atoms with E-state index in [-0.39, 0.29) is 36.8 Å². The van der Waals surface area contributed by atoms with E-state index in [0.29, 0.717) is 13.0 Å². The number of hydrogen-bond acceptors (Lipinski definition) is 4. The standard InChI is InChI=1S/C19H24N4O2.2ClH/c24-18(11-16-13-25-10-8-20-16)22-15-6-4-14(5-7-15)19-21-12-17-3-1-2-9-23(17)19;;/h4-7,12,16,20H,1-3,8-11,13H2,(H,22,24);2*1H. The number of morpholine rings is 1. The van der Waals surface area contributed by atoms with Gasteiger partial charge in [-0.2, -0.15) is 0 Å². The Hall–Kier alpha value is -1.60. The molecule has 0 radical (unpaired) electrons. The van der Waals surface area contributed by atoms with Gasteiger partial charge in [0, 0.05) is 48.7 Å². The summed E-state index contributed by atoms with van der Waals surface area (Å²) >= 11 is 0. The Morgan fingerprint density at radius 3 is 2.81 bits per heavy atom. The maximum absolute atomic E-state index is 12.2. The molecule has 2 aliphatic rings. The summed E-state index contributed by atoms with van der Waals surface area (Å²) in [5.74, 6) is 1.03. The van der Waals surface area contributed by atoms with E-state index >= 15 is 0 Å². The number of hydrogen-bond donors (Lipinski definition) is 2. The molecule has 148 valence electrons. The Balaban J connectivity index is 0.00000131. The summed E-state index contributed by atoms with van der Waals surface area (Å²) < 4.78 is 7.70. The number of nitrogens with zero attached hydrogens (tertiary/aromatic N) is 2. The van der Waals surface area contributed by atoms with E-state index in [1.54, 1.807) is 0 Å². The van der Waals surface area contributed by atoms with Crippen LogP contribution in [-0.4, -0.2) is 41.3 Å². The van der Waals surface area contributed by atoms with Crippen LogP contribution in [0.1, 0.15) is 25.0 Å². The smallest absolute Gasteiger partial charge is 0.226 e. The Labute approximate surface area is 171 Å². The fourth-order valence-corrected chi connectivity index (χ4v) is 3.56. The van der Waals surface area contributed by atoms with Gasteiger partial charge in [-0.3, -0.25) is 4.79 Å². The first-order chi connectivity index (χ1) is 12.3. The third kappa shape index (κ3) is 5.23. The normalized spacial score (nSPS) is 18.6. The van der Waals surface area contributed by atoms with Crippen LogP contribution in [0.3, 0.4) is 0 Å². The molecule has 2 aromatic rings. The maximum Gasteiger partial charge on any atom is 0.226 e. The van der Waals surface area contributed by atoms with Gasteiger partial charge in [0.05, 0.1) is 13.2 Å². The highest BCUT2D eigenvalue weighted by atomic mass is 35.5. The second-order valence-electron chi connectivity index (χ2n) is 6.74. The number of carbonyl (C=O) groups excluding carboxylic acids is 1. The van der Waals surface area contributed by atoms with Crippen LogP contribution in [-0.2, 0) is 22.5 Å². The fraction of sp³-hybridized carbons (Fsp3) is 0.474. The number of aryl methyl sites for hydroxylation is 1. The highest BCUT2D eigenvalue weighted by molar-refractivity contribution is 5.91. The van der Waals surface area contributed by atoms with Crippen molar-refractivity contribution in [1.82, 2.24) is 14.9 Å². The van der Waals surface area contributed by atoms with Crippen LogP contribution >= 0.6 is 24.8 Å². The zero-order valence-electron chi connectivity index (χ0n) is 15.1. The molecule has 2 N–H and O–H groups in total. The molecule has 1 fully saturated rings. The maximum atomic E-state index is 12.2. The number of benzene rings is 1. The summed E-state index contributed by atoms with van der Waals surface area (Å²) in [6.45, 7) is 3.16. The topological polar surface area (TPSA) is 68.2 Å². The van der Waals surface area contributed by atoms with Crippen LogP contribution in [0.15, 0.2) is 30.5 Å². The van der Waals surface area contributed by atoms with Crippen LogP contribution in [0.5, 0.6) is 0 Å². The van der Waals surface area contributed by atoms with Crippen molar-refractivity contribution in [2.24, 2.45) is 0 Å². The van der Waals surface area contributed by atoms with Crippen molar-refractivity contribution in [2.75, 3.05) is 25.1 Å². The van der Waals surface area contributed by atoms with E-state index in [2.05, 4.69) is 20.2 Å². The zero-order valence-corrected chi connectivity index (χ0v) is 16.8. The quantitative estimate of drug-likeness (QED) is 0.809. The third-order valence-corrected chi connectivity index (χ3v) is 4.86. The zero-order chi connectivity index (χ0) is 17.1. The number of carbonyl (C=O) groups is 1. The Morgan fingerprint density at radius 2 is 2.07 bits per heavy atom. The first kappa shape index (κ1) is 21.7. The van der Waals surface area contributed by atoms with Gasteiger partial charge in [-0.1, -0.05) is 0 Å². The lowest BCUT2D eigenvalue weighted by Gasteiger charge is -2.23. The summed E-state index contributed by atoms with van der Waals surface area (Å²) in [6.07, 6.45) is 5.99. The average Bonchev–Trinajstić information content (AvgIpc) is 3.07. The van der Waals surface area contributed by atoms with Gasteiger partial charge in [0.15, 0.2) is 0 Å². The molecule has 2 aliphatic heterocycles. The molecule has 1 atom stereocenters. The Morgan fingerprint density at radius 1 is 1.26 bits per heavy atom. The van der Waals surface area contributed by atoms with Crippen LogP contribution in [0.25, 0.3) is 11.4 Å². The average molecular weight is 413 g/mol. The molecule has 0 bridgehead atoms. The predicted molar refractivity (Wildman–Crippen MR) is 111 cm³/mol. The van der Waals surface area contributed by atoms with Gasteiger partial charge in [0.2, 0.25) is 5.91 Å². The molecular formula is C19H26Cl2N4O2. The largest absolute Gasteiger partial charge is 0.378 e. The number of nitrogens with one attached hydrogen (secondary N) is 2. The van der Waals surface area contributed by atoms with Crippen LogP contribution in [0.4, 0.5) is 5.69 Å². The first-order valence-electron chi connectivity index (χ1n) is 9.05. The highest BCUT2D eigenvalue weighted by Gasteiger charge is 2.17. The van der Waals surface area contributed by atoms with E-state index in [0.717, 1.165) is 43.2 Å². The van der Waals surface area contributed by atoms with Gasteiger partial charge in [0.25, 0.3) is 0 Å². The molecule has 0 spiro atoms. The molecule has 6 nitrogen and oxygen atoms in total. The lowest BCUT2D eigenvalue weighted by atomic mass is 10.1. The van der Waals surface area contributed by atoms with E-state index in [1.807, 2.05) is 30.5 Å². The van der Waals surface area contributed by atoms with Crippen LogP contribution in [0.2, 0.25) is 0 Å². The van der Waals surface area contributed by atoms with Crippen LogP contribution < -0.4 is 10.6 Å². The second kappa shape index (κ2) is 10.1. The van der Waals surface area contributed by atoms with Crippen molar-refractivity contribution in [1.29, 1.82) is 0 Å². The molecular weight excluding hydrogens is 387 g/mol. The lowest BCUT2D eigenvalue weighted by Crippen LogP contribution is -2.43. The summed E-state index contributed by atoms with van der Waals surface area (Å²) in [5.41, 5.74) is 3.23. The van der Waals surface area contributed by atoms with E-state index in [4.69, 9.17) is 4.74 Å². The van der Waals surface area contributed by atoms with Crippen LogP contribution in [0, 0.1) is 0 Å². The number of amides is 1. The summed E-state index contributed by atoms with van der Waals surface area (Å²) in [4.78, 5) is 16.8. The van der Waals surface area contributed by atoms with E-state index < -0.39 is 0 Å².